The van der Waals surface area contributed by atoms with Gasteiger partial charge in [0.2, 0.25) is 5.91 Å². The first-order chi connectivity index (χ1) is 21.5. The van der Waals surface area contributed by atoms with Crippen molar-refractivity contribution in [1.29, 1.82) is 0 Å². The number of carbonyl (C=O) groups is 3. The fraction of sp³-hybridized carbons (Fsp3) is 0.200. The molecule has 3 N–H and O–H groups in total. The van der Waals surface area contributed by atoms with Crippen LogP contribution >= 0.6 is 0 Å². The van der Waals surface area contributed by atoms with Crippen LogP contribution in [0.4, 0.5) is 13.2 Å². The van der Waals surface area contributed by atoms with Crippen molar-refractivity contribution in [3.63, 3.8) is 0 Å². The number of nitrogens with two attached hydrogens (primary N) is 1. The van der Waals surface area contributed by atoms with E-state index in [9.17, 15) is 27.6 Å². The predicted octanol–water partition coefficient (Wildman–Crippen LogP) is 6.39. The van der Waals surface area contributed by atoms with Gasteiger partial charge in [0.05, 0.1) is 22.8 Å². The molecule has 3 aromatic carbocycles. The van der Waals surface area contributed by atoms with Crippen LogP contribution in [0, 0.1) is 24.4 Å². The summed E-state index contributed by atoms with van der Waals surface area (Å²) in [6, 6.07) is 15.1. The third-order valence-corrected chi connectivity index (χ3v) is 7.87. The van der Waals surface area contributed by atoms with Crippen LogP contribution in [0.2, 0.25) is 0 Å². The molecule has 1 atom stereocenters. The number of amides is 2. The maximum atomic E-state index is 14.3. The molecule has 2 aromatic heterocycles. The van der Waals surface area contributed by atoms with E-state index in [1.165, 1.54) is 37.4 Å². The smallest absolute Gasteiger partial charge is 0.251 e. The Labute approximate surface area is 257 Å². The average molecular weight is 613 g/mol. The minimum atomic E-state index is -0.953. The Balaban J connectivity index is 1.59. The highest BCUT2D eigenvalue weighted by Crippen LogP contribution is 2.32. The second-order valence-corrected chi connectivity index (χ2v) is 10.9. The lowest BCUT2D eigenvalue weighted by atomic mass is 9.94. The second-order valence-electron chi connectivity index (χ2n) is 10.9. The molecule has 0 saturated carbocycles. The number of Topliss-reactive ketones (excluding diaryl/α,β-unsaturated/α-hetero) is 1. The largest absolute Gasteiger partial charge is 0.366 e. The number of fused-ring (bicyclic) bond motifs is 1. The molecule has 0 bridgehead atoms. The molecule has 10 heteroatoms. The SMILES string of the molecule is CCc1cccc2c(C(C)=O)c(C)n(CC(=O)N[C@@H](Cc3cc(F)cc(F)c3)c3ncccc3-c3ccc(F)c(C(N)=O)c3)c12. The van der Waals surface area contributed by atoms with Crippen molar-refractivity contribution in [2.75, 3.05) is 0 Å². The van der Waals surface area contributed by atoms with Gasteiger partial charge in [-0.25, -0.2) is 13.2 Å². The van der Waals surface area contributed by atoms with Crippen LogP contribution in [0.25, 0.3) is 22.0 Å². The van der Waals surface area contributed by atoms with Crippen LogP contribution in [0.3, 0.4) is 0 Å². The van der Waals surface area contributed by atoms with Crippen LogP contribution in [0.15, 0.2) is 72.9 Å². The van der Waals surface area contributed by atoms with Crippen LogP contribution < -0.4 is 11.1 Å². The van der Waals surface area contributed by atoms with Gasteiger partial charge in [0.1, 0.15) is 24.0 Å². The number of nitrogens with one attached hydrogen (secondary N) is 1. The van der Waals surface area contributed by atoms with Gasteiger partial charge in [0.15, 0.2) is 5.78 Å². The molecule has 7 nitrogen and oxygen atoms in total. The standard InChI is InChI=1S/C35H31F3N4O3/c1-4-22-7-5-8-27-32(20(3)43)19(2)42(34(22)27)18-31(44)41-30(15-21-13-24(36)17-25(37)14-21)33-26(9-6-12-40-33)23-10-11-29(38)28(16-23)35(39)45/h5-14,16-17,30H,4,15,18H2,1-3H3,(H2,39,45)(H,41,44)/t30-/m0/s1. The van der Waals surface area contributed by atoms with Crippen molar-refractivity contribution >= 4 is 28.5 Å². The monoisotopic (exact) mass is 612 g/mol. The number of nitrogens with zero attached hydrogens (tertiary/aromatic N) is 2. The maximum Gasteiger partial charge on any atom is 0.251 e. The number of aryl methyl sites for hydroxylation is 1. The quantitative estimate of drug-likeness (QED) is 0.178. The molecule has 0 spiro atoms. The molecule has 230 valence electrons. The topological polar surface area (TPSA) is 107 Å². The van der Waals surface area contributed by atoms with Crippen LogP contribution in [-0.4, -0.2) is 27.1 Å². The van der Waals surface area contributed by atoms with E-state index in [1.54, 1.807) is 23.6 Å². The molecule has 0 saturated heterocycles. The number of rotatable bonds is 10. The van der Waals surface area contributed by atoms with Crippen molar-refractivity contribution in [3.05, 3.63) is 124 Å². The number of hydrogen-bond acceptors (Lipinski definition) is 4. The van der Waals surface area contributed by atoms with E-state index in [0.29, 0.717) is 34.5 Å². The fourth-order valence-electron chi connectivity index (χ4n) is 5.92. The number of primary amides is 1. The molecular formula is C35H31F3N4O3. The van der Waals surface area contributed by atoms with Gasteiger partial charge in [-0.15, -0.1) is 0 Å². The highest BCUT2D eigenvalue weighted by atomic mass is 19.1. The maximum absolute atomic E-state index is 14.3. The third-order valence-electron chi connectivity index (χ3n) is 7.87. The summed E-state index contributed by atoms with van der Waals surface area (Å²) in [4.78, 5) is 42.8. The summed E-state index contributed by atoms with van der Waals surface area (Å²) in [6.07, 6.45) is 2.13. The molecule has 0 fully saturated rings. The molecule has 0 aliphatic carbocycles. The number of para-hydroxylation sites is 1. The fourth-order valence-corrected chi connectivity index (χ4v) is 5.92. The summed E-state index contributed by atoms with van der Waals surface area (Å²) >= 11 is 0. The van der Waals surface area contributed by atoms with E-state index < -0.39 is 35.3 Å². The zero-order valence-corrected chi connectivity index (χ0v) is 25.0. The zero-order valence-electron chi connectivity index (χ0n) is 25.0. The minimum Gasteiger partial charge on any atom is -0.366 e. The normalized spacial score (nSPS) is 11.9. The van der Waals surface area contributed by atoms with Gasteiger partial charge in [-0.2, -0.15) is 0 Å². The van der Waals surface area contributed by atoms with Crippen molar-refractivity contribution in [2.24, 2.45) is 5.73 Å². The number of benzene rings is 3. The molecule has 5 aromatic rings. The van der Waals surface area contributed by atoms with E-state index in [2.05, 4.69) is 10.3 Å². The molecule has 0 aliphatic heterocycles. The Morgan fingerprint density at radius 1 is 0.978 bits per heavy atom. The lowest BCUT2D eigenvalue weighted by molar-refractivity contribution is -0.122. The highest BCUT2D eigenvalue weighted by molar-refractivity contribution is 6.09. The third kappa shape index (κ3) is 6.35. The summed E-state index contributed by atoms with van der Waals surface area (Å²) in [7, 11) is 0. The Morgan fingerprint density at radius 3 is 2.38 bits per heavy atom. The minimum absolute atomic E-state index is 0.0430. The van der Waals surface area contributed by atoms with Gasteiger partial charge in [-0.3, -0.25) is 19.4 Å². The average Bonchev–Trinajstić information content (AvgIpc) is 3.27. The van der Waals surface area contributed by atoms with Gasteiger partial charge in [-0.05, 0) is 73.7 Å². The van der Waals surface area contributed by atoms with E-state index in [-0.39, 0.29) is 29.9 Å². The summed E-state index contributed by atoms with van der Waals surface area (Å²) in [6.45, 7) is 5.12. The molecule has 2 heterocycles. The Kier molecular flexibility index (Phi) is 8.85. The molecule has 2 amide bonds. The van der Waals surface area contributed by atoms with E-state index in [1.807, 2.05) is 25.1 Å². The van der Waals surface area contributed by atoms with Crippen LogP contribution in [0.5, 0.6) is 0 Å². The molecule has 0 aliphatic rings. The van der Waals surface area contributed by atoms with E-state index >= 15 is 0 Å². The summed E-state index contributed by atoms with van der Waals surface area (Å²) < 4.78 is 44.5. The van der Waals surface area contributed by atoms with Crippen LogP contribution in [-0.2, 0) is 24.2 Å². The zero-order chi connectivity index (χ0) is 32.4. The van der Waals surface area contributed by atoms with Gasteiger partial charge in [0, 0.05) is 34.5 Å². The number of aromatic nitrogens is 2. The Morgan fingerprint density at radius 2 is 1.71 bits per heavy atom. The molecular weight excluding hydrogens is 581 g/mol. The number of hydrogen-bond donors (Lipinski definition) is 2. The summed E-state index contributed by atoms with van der Waals surface area (Å²) in [5, 5.41) is 3.74. The van der Waals surface area contributed by atoms with Crippen molar-refractivity contribution in [3.8, 4) is 11.1 Å². The first kappa shape index (κ1) is 31.2. The molecule has 45 heavy (non-hydrogen) atoms. The molecule has 5 rings (SSSR count). The van der Waals surface area contributed by atoms with Gasteiger partial charge in [-0.1, -0.05) is 37.3 Å². The molecule has 0 radical (unpaired) electrons. The van der Waals surface area contributed by atoms with Crippen molar-refractivity contribution in [1.82, 2.24) is 14.9 Å². The van der Waals surface area contributed by atoms with Crippen LogP contribution in [0.1, 0.15) is 63.1 Å². The first-order valence-electron chi connectivity index (χ1n) is 14.4. The van der Waals surface area contributed by atoms with Gasteiger partial charge < -0.3 is 15.6 Å². The first-order valence-corrected chi connectivity index (χ1v) is 14.4. The van der Waals surface area contributed by atoms with Gasteiger partial charge >= 0.3 is 0 Å². The van der Waals surface area contributed by atoms with Gasteiger partial charge in [0.25, 0.3) is 5.91 Å². The lowest BCUT2D eigenvalue weighted by Gasteiger charge is -2.22. The van der Waals surface area contributed by atoms with Crippen molar-refractivity contribution in [2.45, 2.75) is 46.2 Å². The molecule has 0 unspecified atom stereocenters. The highest BCUT2D eigenvalue weighted by Gasteiger charge is 2.25. The number of halogens is 3. The summed E-state index contributed by atoms with van der Waals surface area (Å²) in [5.74, 6) is -3.86. The number of ketones is 1. The lowest BCUT2D eigenvalue weighted by Crippen LogP contribution is -2.34. The van der Waals surface area contributed by atoms with Crippen molar-refractivity contribution < 1.29 is 27.6 Å². The number of carbonyl (C=O) groups excluding carboxylic acids is 3. The van der Waals surface area contributed by atoms with E-state index in [4.69, 9.17) is 5.73 Å². The Hall–Kier alpha value is -5.25. The predicted molar refractivity (Wildman–Crippen MR) is 165 cm³/mol. The van der Waals surface area contributed by atoms with E-state index in [0.717, 1.165) is 28.6 Å². The number of pyridine rings is 1. The second kappa shape index (κ2) is 12.8. The summed E-state index contributed by atoms with van der Waals surface area (Å²) in [5.41, 5.74) is 9.43. The Bertz CT molecular complexity index is 1950.